The summed E-state index contributed by atoms with van der Waals surface area (Å²) in [6, 6.07) is 9.08. The van der Waals surface area contributed by atoms with Crippen molar-refractivity contribution in [3.05, 3.63) is 57.7 Å². The fourth-order valence-corrected chi connectivity index (χ4v) is 5.82. The highest BCUT2D eigenvalue weighted by atomic mass is 32.2. The molecule has 0 aliphatic heterocycles. The van der Waals surface area contributed by atoms with Crippen LogP contribution in [0.4, 0.5) is 5.00 Å². The number of nitrogens with two attached hydrogens (primary N) is 1. The van der Waals surface area contributed by atoms with Gasteiger partial charge in [-0.2, -0.15) is 0 Å². The van der Waals surface area contributed by atoms with Gasteiger partial charge in [0, 0.05) is 23.8 Å². The highest BCUT2D eigenvalue weighted by molar-refractivity contribution is 7.99. The first-order valence-corrected chi connectivity index (χ1v) is 12.6. The van der Waals surface area contributed by atoms with Gasteiger partial charge in [0.05, 0.1) is 10.8 Å². The maximum absolute atomic E-state index is 12.9. The molecule has 12 heteroatoms. The molecule has 4 rings (SSSR count). The Morgan fingerprint density at radius 1 is 1.15 bits per heavy atom. The molecule has 0 bridgehead atoms. The van der Waals surface area contributed by atoms with Crippen LogP contribution in [-0.4, -0.2) is 38.3 Å². The summed E-state index contributed by atoms with van der Waals surface area (Å²) in [7, 11) is 0. The zero-order valence-electron chi connectivity index (χ0n) is 18.6. The summed E-state index contributed by atoms with van der Waals surface area (Å²) in [5, 5.41) is 12.7. The van der Waals surface area contributed by atoms with Gasteiger partial charge in [0.25, 0.3) is 5.91 Å². The number of anilines is 1. The molecule has 0 fully saturated rings. The second kappa shape index (κ2) is 10.8. The number of carbonyl (C=O) groups is 3. The van der Waals surface area contributed by atoms with Crippen molar-refractivity contribution in [2.24, 2.45) is 5.84 Å². The lowest BCUT2D eigenvalue weighted by Crippen LogP contribution is -2.31. The third kappa shape index (κ3) is 5.46. The minimum atomic E-state index is -0.373. The van der Waals surface area contributed by atoms with Crippen molar-refractivity contribution in [3.63, 3.8) is 0 Å². The van der Waals surface area contributed by atoms with E-state index in [0.29, 0.717) is 23.0 Å². The van der Waals surface area contributed by atoms with E-state index in [1.165, 1.54) is 22.0 Å². The second-order valence-corrected chi connectivity index (χ2v) is 9.82. The van der Waals surface area contributed by atoms with Crippen LogP contribution in [0.3, 0.4) is 0 Å². The number of hydrogen-bond acceptors (Lipinski definition) is 8. The number of carbonyl (C=O) groups excluding carboxylic acids is 3. The van der Waals surface area contributed by atoms with Gasteiger partial charge in [0.1, 0.15) is 0 Å². The molecule has 1 aliphatic rings. The lowest BCUT2D eigenvalue weighted by molar-refractivity contribution is -0.118. The molecular formula is C22H25N7O3S2. The summed E-state index contributed by atoms with van der Waals surface area (Å²) in [5.74, 6) is 4.85. The van der Waals surface area contributed by atoms with Gasteiger partial charge in [-0.3, -0.25) is 25.2 Å². The number of hydrogen-bond donors (Lipinski definition) is 4. The van der Waals surface area contributed by atoms with E-state index >= 15 is 0 Å². The fraction of sp³-hybridized carbons (Fsp3) is 0.318. The second-order valence-electron chi connectivity index (χ2n) is 7.77. The number of nitrogens with zero attached hydrogens (tertiary/aromatic N) is 3. The molecule has 3 amide bonds. The van der Waals surface area contributed by atoms with Gasteiger partial charge >= 0.3 is 0 Å². The third-order valence-corrected chi connectivity index (χ3v) is 7.52. The monoisotopic (exact) mass is 499 g/mol. The minimum absolute atomic E-state index is 0.0282. The molecule has 178 valence electrons. The summed E-state index contributed by atoms with van der Waals surface area (Å²) in [4.78, 5) is 37.6. The summed E-state index contributed by atoms with van der Waals surface area (Å²) in [5.41, 5.74) is 7.59. The predicted molar refractivity (Wildman–Crippen MR) is 131 cm³/mol. The van der Waals surface area contributed by atoms with Crippen LogP contribution in [0, 0.1) is 0 Å². The van der Waals surface area contributed by atoms with Crippen LogP contribution >= 0.6 is 23.1 Å². The molecule has 2 aromatic heterocycles. The highest BCUT2D eigenvalue weighted by Gasteiger charge is 2.25. The Morgan fingerprint density at radius 3 is 2.65 bits per heavy atom. The van der Waals surface area contributed by atoms with Crippen LogP contribution in [0.15, 0.2) is 35.5 Å². The number of fused-ring (bicyclic) bond motifs is 1. The van der Waals surface area contributed by atoms with Crippen LogP contribution in [-0.2, 0) is 28.9 Å². The van der Waals surface area contributed by atoms with Crippen molar-refractivity contribution < 1.29 is 14.4 Å². The number of thiophene rings is 1. The molecule has 34 heavy (non-hydrogen) atoms. The molecule has 0 atom stereocenters. The van der Waals surface area contributed by atoms with E-state index in [-0.39, 0.29) is 23.5 Å². The first-order chi connectivity index (χ1) is 16.5. The van der Waals surface area contributed by atoms with Gasteiger partial charge in [0.15, 0.2) is 5.82 Å². The quantitative estimate of drug-likeness (QED) is 0.161. The lowest BCUT2D eigenvalue weighted by Gasteiger charge is -2.14. The van der Waals surface area contributed by atoms with Gasteiger partial charge in [-0.05, 0) is 48.9 Å². The van der Waals surface area contributed by atoms with E-state index < -0.39 is 0 Å². The molecular weight excluding hydrogens is 474 g/mol. The lowest BCUT2D eigenvalue weighted by atomic mass is 9.94. The zero-order chi connectivity index (χ0) is 24.1. The van der Waals surface area contributed by atoms with Crippen molar-refractivity contribution in [1.82, 2.24) is 20.3 Å². The number of nitrogens with one attached hydrogen (secondary N) is 3. The number of aromatic nitrogens is 3. The number of aryl methyl sites for hydroxylation is 1. The average Bonchev–Trinajstić information content (AvgIpc) is 3.38. The standard InChI is InChI=1S/C22H25N7O3S2/c1-13(30)28-29-18(26-27-22(29)33-12-19(31)25-23)11-16-15-9-5-6-10-17(15)34-21(16)24-20(32)14-7-3-2-4-8-14/h2-4,7-8H,5-6,9-12,23H2,1H3,(H,24,32)(H,25,31)(H,28,30). The molecule has 0 radical (unpaired) electrons. The Kier molecular flexibility index (Phi) is 7.60. The predicted octanol–water partition coefficient (Wildman–Crippen LogP) is 2.23. The molecule has 5 N–H and O–H groups in total. The van der Waals surface area contributed by atoms with E-state index in [0.717, 1.165) is 48.0 Å². The van der Waals surface area contributed by atoms with E-state index in [1.807, 2.05) is 18.2 Å². The van der Waals surface area contributed by atoms with Crippen LogP contribution in [0.5, 0.6) is 0 Å². The molecule has 10 nitrogen and oxygen atoms in total. The van der Waals surface area contributed by atoms with E-state index in [1.54, 1.807) is 23.5 Å². The van der Waals surface area contributed by atoms with Gasteiger partial charge in [-0.15, -0.1) is 21.5 Å². The molecule has 0 saturated carbocycles. The number of hydrazine groups is 1. The maximum Gasteiger partial charge on any atom is 0.256 e. The Labute approximate surface area is 204 Å². The van der Waals surface area contributed by atoms with Crippen molar-refractivity contribution in [2.75, 3.05) is 16.5 Å². The summed E-state index contributed by atoms with van der Waals surface area (Å²) < 4.78 is 1.49. The van der Waals surface area contributed by atoms with Crippen molar-refractivity contribution in [3.8, 4) is 0 Å². The van der Waals surface area contributed by atoms with Crippen LogP contribution in [0.1, 0.15) is 52.0 Å². The van der Waals surface area contributed by atoms with Crippen LogP contribution in [0.25, 0.3) is 0 Å². The van der Waals surface area contributed by atoms with E-state index in [9.17, 15) is 14.4 Å². The first kappa shape index (κ1) is 23.9. The molecule has 0 saturated heterocycles. The van der Waals surface area contributed by atoms with Gasteiger partial charge in [0.2, 0.25) is 17.0 Å². The average molecular weight is 500 g/mol. The largest absolute Gasteiger partial charge is 0.313 e. The number of rotatable bonds is 8. The number of amides is 3. The molecule has 0 unspecified atom stereocenters. The van der Waals surface area contributed by atoms with Crippen LogP contribution in [0.2, 0.25) is 0 Å². The molecule has 1 aromatic carbocycles. The van der Waals surface area contributed by atoms with Crippen molar-refractivity contribution in [1.29, 1.82) is 0 Å². The van der Waals surface area contributed by atoms with Crippen molar-refractivity contribution in [2.45, 2.75) is 44.2 Å². The normalized spacial score (nSPS) is 12.6. The summed E-state index contributed by atoms with van der Waals surface area (Å²) in [6.45, 7) is 1.39. The maximum atomic E-state index is 12.9. The van der Waals surface area contributed by atoms with E-state index in [2.05, 4.69) is 26.4 Å². The summed E-state index contributed by atoms with van der Waals surface area (Å²) in [6.07, 6.45) is 4.46. The Morgan fingerprint density at radius 2 is 1.91 bits per heavy atom. The molecule has 1 aliphatic carbocycles. The Bertz CT molecular complexity index is 1210. The topological polar surface area (TPSA) is 144 Å². The first-order valence-electron chi connectivity index (χ1n) is 10.8. The SMILES string of the molecule is CC(=O)Nn1c(Cc2c(NC(=O)c3ccccc3)sc3c2CCCC3)nnc1SCC(=O)NN. The molecule has 0 spiro atoms. The third-order valence-electron chi connectivity index (χ3n) is 5.34. The fourth-order valence-electron chi connectivity index (χ4n) is 3.79. The van der Waals surface area contributed by atoms with Gasteiger partial charge in [-0.25, -0.2) is 10.5 Å². The number of thioether (sulfide) groups is 1. The zero-order valence-corrected chi connectivity index (χ0v) is 20.2. The summed E-state index contributed by atoms with van der Waals surface area (Å²) >= 11 is 2.71. The van der Waals surface area contributed by atoms with Crippen molar-refractivity contribution >= 4 is 45.8 Å². The minimum Gasteiger partial charge on any atom is -0.313 e. The van der Waals surface area contributed by atoms with E-state index in [4.69, 9.17) is 5.84 Å². The smallest absolute Gasteiger partial charge is 0.256 e. The highest BCUT2D eigenvalue weighted by Crippen LogP contribution is 2.39. The van der Waals surface area contributed by atoms with Gasteiger partial charge in [-0.1, -0.05) is 30.0 Å². The van der Waals surface area contributed by atoms with Gasteiger partial charge < -0.3 is 5.32 Å². The number of benzene rings is 1. The Balaban J connectivity index is 1.66. The molecule has 3 aromatic rings. The Hall–Kier alpha value is -3.22. The molecule has 2 heterocycles. The van der Waals surface area contributed by atoms with Crippen LogP contribution < -0.4 is 22.0 Å².